The molecule has 68 valence electrons. The Balaban J connectivity index is 3.27. The van der Waals surface area contributed by atoms with Crippen LogP contribution in [0.2, 0.25) is 0 Å². The molecule has 0 aromatic carbocycles. The Morgan fingerprint density at radius 2 is 2.18 bits per heavy atom. The second-order valence-corrected chi connectivity index (χ2v) is 3.15. The molecule has 3 nitrogen and oxygen atoms in total. The van der Waals surface area contributed by atoms with E-state index in [0.717, 1.165) is 19.6 Å². The van der Waals surface area contributed by atoms with Gasteiger partial charge in [-0.25, -0.2) is 0 Å². The molecule has 1 atom stereocenters. The lowest BCUT2D eigenvalue weighted by Gasteiger charge is -2.19. The van der Waals surface area contributed by atoms with Crippen LogP contribution in [0.15, 0.2) is 0 Å². The van der Waals surface area contributed by atoms with Crippen LogP contribution in [0.5, 0.6) is 0 Å². The van der Waals surface area contributed by atoms with Crippen LogP contribution in [0.1, 0.15) is 6.92 Å². The SMILES string of the molecule is CNCCN(C)CC(C)CO. The first kappa shape index (κ1) is 10.9. The predicted octanol–water partition coefficient (Wildman–Crippen LogP) is -0.234. The van der Waals surface area contributed by atoms with Crippen molar-refractivity contribution in [1.82, 2.24) is 10.2 Å². The van der Waals surface area contributed by atoms with Crippen molar-refractivity contribution in [2.24, 2.45) is 5.92 Å². The van der Waals surface area contributed by atoms with E-state index < -0.39 is 0 Å². The van der Waals surface area contributed by atoms with Crippen molar-refractivity contribution in [2.45, 2.75) is 6.92 Å². The van der Waals surface area contributed by atoms with Gasteiger partial charge in [0.1, 0.15) is 0 Å². The quantitative estimate of drug-likeness (QED) is 0.563. The van der Waals surface area contributed by atoms with E-state index >= 15 is 0 Å². The molecule has 0 radical (unpaired) electrons. The highest BCUT2D eigenvalue weighted by Crippen LogP contribution is 1.94. The van der Waals surface area contributed by atoms with Gasteiger partial charge >= 0.3 is 0 Å². The van der Waals surface area contributed by atoms with Crippen molar-refractivity contribution in [3.8, 4) is 0 Å². The van der Waals surface area contributed by atoms with Crippen molar-refractivity contribution >= 4 is 0 Å². The molecule has 0 aromatic rings. The first-order valence-electron chi connectivity index (χ1n) is 4.14. The fourth-order valence-corrected chi connectivity index (χ4v) is 0.984. The van der Waals surface area contributed by atoms with Gasteiger partial charge in [-0.2, -0.15) is 0 Å². The van der Waals surface area contributed by atoms with Crippen LogP contribution in [-0.2, 0) is 0 Å². The van der Waals surface area contributed by atoms with Gasteiger partial charge in [-0.15, -0.1) is 0 Å². The maximum Gasteiger partial charge on any atom is 0.0468 e. The van der Waals surface area contributed by atoms with E-state index in [1.165, 1.54) is 0 Å². The fraction of sp³-hybridized carbons (Fsp3) is 1.00. The molecule has 0 saturated heterocycles. The second-order valence-electron chi connectivity index (χ2n) is 3.15. The van der Waals surface area contributed by atoms with Crippen molar-refractivity contribution in [1.29, 1.82) is 0 Å². The molecule has 0 aliphatic rings. The molecular weight excluding hydrogens is 140 g/mol. The number of hydrogen-bond donors (Lipinski definition) is 2. The topological polar surface area (TPSA) is 35.5 Å². The van der Waals surface area contributed by atoms with Gasteiger partial charge in [0.25, 0.3) is 0 Å². The Kier molecular flexibility index (Phi) is 6.51. The van der Waals surface area contributed by atoms with Crippen molar-refractivity contribution < 1.29 is 5.11 Å². The van der Waals surface area contributed by atoms with Crippen LogP contribution in [-0.4, -0.2) is 50.3 Å². The van der Waals surface area contributed by atoms with Gasteiger partial charge < -0.3 is 15.3 Å². The second kappa shape index (κ2) is 6.58. The maximum absolute atomic E-state index is 8.77. The van der Waals surface area contributed by atoms with Gasteiger partial charge in [0.05, 0.1) is 0 Å². The first-order valence-corrected chi connectivity index (χ1v) is 4.14. The molecule has 0 aromatic heterocycles. The van der Waals surface area contributed by atoms with E-state index in [1.807, 2.05) is 7.05 Å². The van der Waals surface area contributed by atoms with Crippen LogP contribution >= 0.6 is 0 Å². The maximum atomic E-state index is 8.77. The van der Waals surface area contributed by atoms with Crippen molar-refractivity contribution in [2.75, 3.05) is 40.3 Å². The standard InChI is InChI=1S/C8H20N2O/c1-8(7-11)6-10(3)5-4-9-2/h8-9,11H,4-7H2,1-3H3. The molecule has 0 heterocycles. The Hall–Kier alpha value is -0.120. The summed E-state index contributed by atoms with van der Waals surface area (Å²) < 4.78 is 0. The van der Waals surface area contributed by atoms with E-state index in [1.54, 1.807) is 0 Å². The molecule has 0 aliphatic carbocycles. The molecule has 1 unspecified atom stereocenters. The number of likely N-dealkylation sites (N-methyl/N-ethyl adjacent to an activating group) is 2. The Bertz CT molecular complexity index is 88.2. The monoisotopic (exact) mass is 160 g/mol. The number of rotatable bonds is 6. The highest BCUT2D eigenvalue weighted by Gasteiger charge is 2.03. The fourth-order valence-electron chi connectivity index (χ4n) is 0.984. The zero-order valence-corrected chi connectivity index (χ0v) is 7.80. The lowest BCUT2D eigenvalue weighted by Crippen LogP contribution is -2.31. The molecule has 0 fully saturated rings. The Morgan fingerprint density at radius 1 is 1.55 bits per heavy atom. The van der Waals surface area contributed by atoms with Crippen LogP contribution in [0.4, 0.5) is 0 Å². The molecule has 0 spiro atoms. The van der Waals surface area contributed by atoms with Crippen LogP contribution < -0.4 is 5.32 Å². The summed E-state index contributed by atoms with van der Waals surface area (Å²) in [6.07, 6.45) is 0. The summed E-state index contributed by atoms with van der Waals surface area (Å²) in [6, 6.07) is 0. The lowest BCUT2D eigenvalue weighted by molar-refractivity contribution is 0.191. The minimum atomic E-state index is 0.282. The molecule has 0 aliphatic heterocycles. The Labute approximate surface area is 69.4 Å². The largest absolute Gasteiger partial charge is 0.396 e. The van der Waals surface area contributed by atoms with E-state index in [2.05, 4.69) is 24.2 Å². The summed E-state index contributed by atoms with van der Waals surface area (Å²) in [5.74, 6) is 0.386. The average molecular weight is 160 g/mol. The van der Waals surface area contributed by atoms with E-state index in [4.69, 9.17) is 5.11 Å². The van der Waals surface area contributed by atoms with E-state index in [0.29, 0.717) is 5.92 Å². The summed E-state index contributed by atoms with van der Waals surface area (Å²) >= 11 is 0. The zero-order valence-electron chi connectivity index (χ0n) is 7.80. The van der Waals surface area contributed by atoms with Crippen LogP contribution in [0.25, 0.3) is 0 Å². The summed E-state index contributed by atoms with van der Waals surface area (Å²) in [7, 11) is 4.02. The van der Waals surface area contributed by atoms with Gasteiger partial charge in [0.2, 0.25) is 0 Å². The number of aliphatic hydroxyl groups is 1. The van der Waals surface area contributed by atoms with Gasteiger partial charge in [-0.05, 0) is 20.0 Å². The molecule has 3 heteroatoms. The van der Waals surface area contributed by atoms with Gasteiger partial charge in [-0.1, -0.05) is 6.92 Å². The molecule has 2 N–H and O–H groups in total. The van der Waals surface area contributed by atoms with Crippen molar-refractivity contribution in [3.05, 3.63) is 0 Å². The minimum Gasteiger partial charge on any atom is -0.396 e. The minimum absolute atomic E-state index is 0.282. The molecule has 0 saturated carbocycles. The normalized spacial score (nSPS) is 13.9. The third-order valence-corrected chi connectivity index (χ3v) is 1.68. The molecule has 0 bridgehead atoms. The average Bonchev–Trinajstić information content (AvgIpc) is 2.00. The number of hydrogen-bond acceptors (Lipinski definition) is 3. The zero-order chi connectivity index (χ0) is 8.69. The highest BCUT2D eigenvalue weighted by atomic mass is 16.3. The van der Waals surface area contributed by atoms with Gasteiger partial charge in [0, 0.05) is 26.2 Å². The van der Waals surface area contributed by atoms with E-state index in [-0.39, 0.29) is 6.61 Å². The third kappa shape index (κ3) is 6.28. The van der Waals surface area contributed by atoms with Crippen LogP contribution in [0.3, 0.4) is 0 Å². The summed E-state index contributed by atoms with van der Waals surface area (Å²) in [6.45, 7) is 5.35. The summed E-state index contributed by atoms with van der Waals surface area (Å²) in [5, 5.41) is 11.9. The Morgan fingerprint density at radius 3 is 2.64 bits per heavy atom. The molecule has 11 heavy (non-hydrogen) atoms. The molecule has 0 rings (SSSR count). The number of nitrogens with one attached hydrogen (secondary N) is 1. The van der Waals surface area contributed by atoms with Gasteiger partial charge in [-0.3, -0.25) is 0 Å². The highest BCUT2D eigenvalue weighted by molar-refractivity contribution is 4.58. The smallest absolute Gasteiger partial charge is 0.0468 e. The van der Waals surface area contributed by atoms with Crippen LogP contribution in [0, 0.1) is 5.92 Å². The summed E-state index contributed by atoms with van der Waals surface area (Å²) in [5.41, 5.74) is 0. The predicted molar refractivity (Wildman–Crippen MR) is 47.7 cm³/mol. The lowest BCUT2D eigenvalue weighted by atomic mass is 10.2. The van der Waals surface area contributed by atoms with Gasteiger partial charge in [0.15, 0.2) is 0 Å². The van der Waals surface area contributed by atoms with E-state index in [9.17, 15) is 0 Å². The number of nitrogens with zero attached hydrogens (tertiary/aromatic N) is 1. The molecular formula is C8H20N2O. The summed E-state index contributed by atoms with van der Waals surface area (Å²) in [4.78, 5) is 2.22. The number of aliphatic hydroxyl groups excluding tert-OH is 1. The molecule has 0 amide bonds. The first-order chi connectivity index (χ1) is 5.20. The van der Waals surface area contributed by atoms with Crippen molar-refractivity contribution in [3.63, 3.8) is 0 Å². The third-order valence-electron chi connectivity index (χ3n) is 1.68.